The molecule has 0 radical (unpaired) electrons. The van der Waals surface area contributed by atoms with Crippen molar-refractivity contribution in [3.63, 3.8) is 0 Å². The fraction of sp³-hybridized carbons (Fsp3) is 0.633. The zero-order chi connectivity index (χ0) is 29.2. The Hall–Kier alpha value is -3.67. The molecule has 4 aliphatic carbocycles. The smallest absolute Gasteiger partial charge is 0.410 e. The third-order valence-electron chi connectivity index (χ3n) is 9.48. The number of anilines is 1. The molecular formula is C30H39N7O5. The number of hydrogen-bond donors (Lipinski definition) is 4. The largest absolute Gasteiger partial charge is 0.444 e. The van der Waals surface area contributed by atoms with Crippen LogP contribution in [-0.2, 0) is 4.74 Å². The van der Waals surface area contributed by atoms with Crippen LogP contribution in [0, 0.1) is 17.8 Å². The number of fused-ring (bicyclic) bond motifs is 1. The van der Waals surface area contributed by atoms with Crippen LogP contribution in [-0.4, -0.2) is 78.5 Å². The molecule has 3 unspecified atom stereocenters. The van der Waals surface area contributed by atoms with Gasteiger partial charge in [0.25, 0.3) is 17.6 Å². The lowest BCUT2D eigenvalue weighted by Crippen LogP contribution is -2.59. The van der Waals surface area contributed by atoms with E-state index in [0.717, 1.165) is 48.8 Å². The molecule has 0 aromatic carbocycles. The summed E-state index contributed by atoms with van der Waals surface area (Å²) < 4.78 is 11.1. The highest BCUT2D eigenvalue weighted by atomic mass is 16.6. The fourth-order valence-corrected chi connectivity index (χ4v) is 7.92. The lowest BCUT2D eigenvalue weighted by molar-refractivity contribution is -0.129. The van der Waals surface area contributed by atoms with Crippen LogP contribution in [0.1, 0.15) is 76.3 Å². The number of aromatic nitrogens is 4. The minimum atomic E-state index is -0.549. The number of aromatic amines is 1. The van der Waals surface area contributed by atoms with Gasteiger partial charge in [-0.25, -0.2) is 9.78 Å². The number of nitrogens with zero attached hydrogens (tertiary/aromatic N) is 4. The summed E-state index contributed by atoms with van der Waals surface area (Å²) in [5, 5.41) is 22.8. The monoisotopic (exact) mass is 577 g/mol. The second-order valence-electron chi connectivity index (χ2n) is 13.8. The van der Waals surface area contributed by atoms with Gasteiger partial charge in [-0.3, -0.25) is 4.79 Å². The number of ether oxygens (including phenoxy) is 1. The van der Waals surface area contributed by atoms with Gasteiger partial charge in [-0.2, -0.15) is 4.98 Å². The second-order valence-corrected chi connectivity index (χ2v) is 13.8. The fourth-order valence-electron chi connectivity index (χ4n) is 7.92. The summed E-state index contributed by atoms with van der Waals surface area (Å²) in [6.45, 7) is 6.52. The second kappa shape index (κ2) is 9.96. The molecule has 4 saturated carbocycles. The van der Waals surface area contributed by atoms with E-state index in [1.807, 2.05) is 33.0 Å². The Labute approximate surface area is 244 Å². The molecule has 42 heavy (non-hydrogen) atoms. The first kappa shape index (κ1) is 27.2. The molecule has 4 N–H and O–H groups in total. The van der Waals surface area contributed by atoms with Crippen molar-refractivity contribution in [3.8, 4) is 11.5 Å². The number of amides is 2. The summed E-state index contributed by atoms with van der Waals surface area (Å²) in [4.78, 5) is 39.3. The van der Waals surface area contributed by atoms with E-state index in [0.29, 0.717) is 49.2 Å². The maximum atomic E-state index is 13.1. The van der Waals surface area contributed by atoms with Gasteiger partial charge in [0, 0.05) is 43.0 Å². The Morgan fingerprint density at radius 3 is 2.60 bits per heavy atom. The molecule has 4 bridgehead atoms. The maximum absolute atomic E-state index is 13.1. The molecule has 1 saturated heterocycles. The molecule has 2 amide bonds. The summed E-state index contributed by atoms with van der Waals surface area (Å²) in [7, 11) is 0. The van der Waals surface area contributed by atoms with Crippen LogP contribution in [0.2, 0.25) is 0 Å². The molecule has 3 aromatic rings. The van der Waals surface area contributed by atoms with Gasteiger partial charge in [0.2, 0.25) is 0 Å². The first-order valence-electron chi connectivity index (χ1n) is 15.1. The minimum absolute atomic E-state index is 0.0449. The van der Waals surface area contributed by atoms with Gasteiger partial charge in [0.15, 0.2) is 0 Å². The molecule has 5 fully saturated rings. The number of carbonyl (C=O) groups excluding carboxylic acids is 2. The summed E-state index contributed by atoms with van der Waals surface area (Å²) in [6, 6.07) is 2.10. The number of carbonyl (C=O) groups is 2. The van der Waals surface area contributed by atoms with E-state index in [-0.39, 0.29) is 29.9 Å². The van der Waals surface area contributed by atoms with Crippen molar-refractivity contribution in [1.29, 1.82) is 0 Å². The third kappa shape index (κ3) is 5.10. The van der Waals surface area contributed by atoms with E-state index in [9.17, 15) is 14.7 Å². The third-order valence-corrected chi connectivity index (χ3v) is 9.48. The molecule has 8 rings (SSSR count). The van der Waals surface area contributed by atoms with E-state index >= 15 is 0 Å². The first-order valence-corrected chi connectivity index (χ1v) is 15.1. The number of pyridine rings is 1. The molecular weight excluding hydrogens is 538 g/mol. The van der Waals surface area contributed by atoms with Crippen LogP contribution >= 0.6 is 0 Å². The molecule has 5 aliphatic rings. The van der Waals surface area contributed by atoms with Crippen LogP contribution in [0.3, 0.4) is 0 Å². The van der Waals surface area contributed by atoms with Crippen LogP contribution in [0.5, 0.6) is 0 Å². The van der Waals surface area contributed by atoms with Crippen molar-refractivity contribution < 1.29 is 24.0 Å². The Balaban J connectivity index is 1.06. The molecule has 12 nitrogen and oxygen atoms in total. The van der Waals surface area contributed by atoms with E-state index in [1.54, 1.807) is 11.1 Å². The average Bonchev–Trinajstić information content (AvgIpc) is 3.59. The van der Waals surface area contributed by atoms with Crippen molar-refractivity contribution in [2.24, 2.45) is 17.8 Å². The lowest BCUT2D eigenvalue weighted by Gasteiger charge is -2.58. The number of H-pyrrole nitrogens is 1. The summed E-state index contributed by atoms with van der Waals surface area (Å²) >= 11 is 0. The average molecular weight is 578 g/mol. The van der Waals surface area contributed by atoms with Gasteiger partial charge in [0.05, 0.1) is 16.9 Å². The molecule has 224 valence electrons. The molecule has 1 aliphatic heterocycles. The number of nitrogens with one attached hydrogen (secondary N) is 3. The van der Waals surface area contributed by atoms with E-state index < -0.39 is 17.1 Å². The first-order chi connectivity index (χ1) is 20.0. The number of hydrogen-bond acceptors (Lipinski definition) is 9. The Bertz CT molecular complexity index is 1480. The van der Waals surface area contributed by atoms with E-state index in [1.165, 1.54) is 0 Å². The van der Waals surface area contributed by atoms with Crippen molar-refractivity contribution in [1.82, 2.24) is 30.3 Å². The van der Waals surface area contributed by atoms with Crippen molar-refractivity contribution in [3.05, 3.63) is 24.3 Å². The number of rotatable bonds is 5. The molecule has 3 aromatic heterocycles. The summed E-state index contributed by atoms with van der Waals surface area (Å²) in [6.07, 6.45) is 9.30. The normalized spacial score (nSPS) is 29.2. The van der Waals surface area contributed by atoms with Crippen LogP contribution in [0.15, 0.2) is 23.0 Å². The van der Waals surface area contributed by atoms with E-state index in [2.05, 4.69) is 30.7 Å². The molecule has 5 atom stereocenters. The Morgan fingerprint density at radius 1 is 1.17 bits per heavy atom. The van der Waals surface area contributed by atoms with E-state index in [4.69, 9.17) is 9.26 Å². The topological polar surface area (TPSA) is 158 Å². The predicted octanol–water partition coefficient (Wildman–Crippen LogP) is 4.09. The summed E-state index contributed by atoms with van der Waals surface area (Å²) in [5.74, 6) is 1.18. The van der Waals surface area contributed by atoms with Crippen molar-refractivity contribution in [2.75, 3.05) is 18.4 Å². The predicted molar refractivity (Wildman–Crippen MR) is 154 cm³/mol. The number of piperidine rings is 1. The van der Waals surface area contributed by atoms with Gasteiger partial charge in [-0.1, -0.05) is 5.16 Å². The molecule has 12 heteroatoms. The van der Waals surface area contributed by atoms with Crippen molar-refractivity contribution >= 4 is 28.7 Å². The van der Waals surface area contributed by atoms with Gasteiger partial charge < -0.3 is 34.9 Å². The Kier molecular flexibility index (Phi) is 6.45. The van der Waals surface area contributed by atoms with Crippen LogP contribution in [0.25, 0.3) is 22.5 Å². The number of likely N-dealkylation sites (tertiary alicyclic amines) is 1. The quantitative estimate of drug-likeness (QED) is 0.350. The van der Waals surface area contributed by atoms with Crippen molar-refractivity contribution in [2.45, 2.75) is 89.0 Å². The minimum Gasteiger partial charge on any atom is -0.444 e. The summed E-state index contributed by atoms with van der Waals surface area (Å²) in [5.41, 5.74) is 1.19. The number of aliphatic hydroxyl groups is 1. The zero-order valence-corrected chi connectivity index (χ0v) is 24.4. The zero-order valence-electron chi connectivity index (χ0n) is 24.4. The molecule has 4 heterocycles. The van der Waals surface area contributed by atoms with Crippen LogP contribution < -0.4 is 10.6 Å². The van der Waals surface area contributed by atoms with Gasteiger partial charge in [-0.15, -0.1) is 0 Å². The standard InChI is InChI=1S/C30H39N7O5/c1-29(2,3)41-28(39)37-8-5-19(6-9-37)33-26(38)25-35-27(42-36-25)21-15-32-24-20(4-7-31-24)23(21)34-22-17-10-16-11-18(22)14-30(40,12-16)13-17/h4,7,15-19,22,40H,5-6,8-14H2,1-3H3,(H,33,38)(H2,31,32,34)/t16?,17-,18+,22?,30?. The van der Waals surface area contributed by atoms with Gasteiger partial charge in [0.1, 0.15) is 11.2 Å². The van der Waals surface area contributed by atoms with Gasteiger partial charge in [-0.05, 0) is 89.5 Å². The SMILES string of the molecule is CC(C)(C)OC(=O)N1CCC(NC(=O)c2noc(-c3cnc4[nH]ccc4c3NC3[C@@H]4CC5C[C@H]3CC(O)(C5)C4)n2)CC1. The molecule has 0 spiro atoms. The van der Waals surface area contributed by atoms with Gasteiger partial charge >= 0.3 is 6.09 Å². The van der Waals surface area contributed by atoms with Crippen LogP contribution in [0.4, 0.5) is 10.5 Å². The maximum Gasteiger partial charge on any atom is 0.410 e. The lowest BCUT2D eigenvalue weighted by atomic mass is 9.52. The Morgan fingerprint density at radius 2 is 1.90 bits per heavy atom. The highest BCUT2D eigenvalue weighted by Crippen LogP contribution is 2.56. The highest BCUT2D eigenvalue weighted by molar-refractivity contribution is 5.97. The highest BCUT2D eigenvalue weighted by Gasteiger charge is 2.54.